The molecule has 1 aromatic rings. The van der Waals surface area contributed by atoms with E-state index in [9.17, 15) is 4.39 Å². The fraction of sp³-hybridized carbons (Fsp3) is 0.467. The Morgan fingerprint density at radius 2 is 2.33 bits per heavy atom. The summed E-state index contributed by atoms with van der Waals surface area (Å²) in [5.74, 6) is 3.54. The fourth-order valence-electron chi connectivity index (χ4n) is 2.23. The van der Waals surface area contributed by atoms with Gasteiger partial charge in [-0.2, -0.15) is 0 Å². The van der Waals surface area contributed by atoms with Crippen molar-refractivity contribution in [3.05, 3.63) is 29.6 Å². The van der Waals surface area contributed by atoms with E-state index in [4.69, 9.17) is 6.42 Å². The van der Waals surface area contributed by atoms with Gasteiger partial charge in [-0.3, -0.25) is 0 Å². The largest absolute Gasteiger partial charge is 0.310 e. The fourth-order valence-corrected chi connectivity index (χ4v) is 3.37. The molecule has 0 aliphatic carbocycles. The van der Waals surface area contributed by atoms with E-state index in [1.165, 1.54) is 0 Å². The lowest BCUT2D eigenvalue weighted by atomic mass is 10.0. The van der Waals surface area contributed by atoms with Crippen molar-refractivity contribution in [3.63, 3.8) is 0 Å². The molecule has 1 aliphatic heterocycles. The summed E-state index contributed by atoms with van der Waals surface area (Å²) in [4.78, 5) is 0.824. The Morgan fingerprint density at radius 3 is 3.17 bits per heavy atom. The molecule has 0 spiro atoms. The molecule has 0 radical (unpaired) electrons. The zero-order valence-corrected chi connectivity index (χ0v) is 11.2. The maximum Gasteiger partial charge on any atom is 0.137 e. The quantitative estimate of drug-likeness (QED) is 0.641. The van der Waals surface area contributed by atoms with E-state index >= 15 is 0 Å². The van der Waals surface area contributed by atoms with Gasteiger partial charge < -0.3 is 5.32 Å². The molecule has 1 aliphatic rings. The van der Waals surface area contributed by atoms with Gasteiger partial charge in [0.1, 0.15) is 5.82 Å². The lowest BCUT2D eigenvalue weighted by Crippen LogP contribution is -2.25. The maximum absolute atomic E-state index is 13.7. The minimum atomic E-state index is -0.0867. The second-order valence-corrected chi connectivity index (χ2v) is 5.57. The molecule has 1 N–H and O–H groups in total. The summed E-state index contributed by atoms with van der Waals surface area (Å²) in [5.41, 5.74) is 1.11. The SMILES string of the molecule is C#CCCCCNC1CCSc2c(F)cccc21. The van der Waals surface area contributed by atoms with Crippen LogP contribution >= 0.6 is 11.8 Å². The van der Waals surface area contributed by atoms with Crippen LogP contribution in [0.4, 0.5) is 4.39 Å². The molecule has 96 valence electrons. The molecule has 1 aromatic carbocycles. The van der Waals surface area contributed by atoms with Gasteiger partial charge in [0.2, 0.25) is 0 Å². The molecule has 18 heavy (non-hydrogen) atoms. The number of hydrogen-bond acceptors (Lipinski definition) is 2. The summed E-state index contributed by atoms with van der Waals surface area (Å²) in [5, 5.41) is 3.52. The van der Waals surface area contributed by atoms with Crippen LogP contribution in [-0.4, -0.2) is 12.3 Å². The van der Waals surface area contributed by atoms with Gasteiger partial charge in [0, 0.05) is 17.4 Å². The average molecular weight is 263 g/mol. The molecule has 0 amide bonds. The third kappa shape index (κ3) is 3.28. The molecule has 3 heteroatoms. The van der Waals surface area contributed by atoms with Crippen LogP contribution in [0.25, 0.3) is 0 Å². The molecular weight excluding hydrogens is 245 g/mol. The molecule has 1 atom stereocenters. The Bertz CT molecular complexity index is 439. The average Bonchev–Trinajstić information content (AvgIpc) is 2.39. The lowest BCUT2D eigenvalue weighted by molar-refractivity contribution is 0.487. The highest BCUT2D eigenvalue weighted by Gasteiger charge is 2.22. The van der Waals surface area contributed by atoms with Crippen molar-refractivity contribution in [1.82, 2.24) is 5.32 Å². The Kier molecular flexibility index (Phi) is 5.10. The lowest BCUT2D eigenvalue weighted by Gasteiger charge is -2.26. The van der Waals surface area contributed by atoms with Gasteiger partial charge >= 0.3 is 0 Å². The van der Waals surface area contributed by atoms with Gasteiger partial charge in [0.25, 0.3) is 0 Å². The van der Waals surface area contributed by atoms with Crippen molar-refractivity contribution >= 4 is 11.8 Å². The first-order valence-corrected chi connectivity index (χ1v) is 7.39. The van der Waals surface area contributed by atoms with Crippen molar-refractivity contribution < 1.29 is 4.39 Å². The van der Waals surface area contributed by atoms with E-state index in [0.29, 0.717) is 6.04 Å². The Hall–Kier alpha value is -0.980. The second kappa shape index (κ2) is 6.82. The third-order valence-corrected chi connectivity index (χ3v) is 4.32. The third-order valence-electron chi connectivity index (χ3n) is 3.16. The first-order chi connectivity index (χ1) is 8.83. The Morgan fingerprint density at radius 1 is 1.44 bits per heavy atom. The highest BCUT2D eigenvalue weighted by molar-refractivity contribution is 7.99. The van der Waals surface area contributed by atoms with Crippen molar-refractivity contribution in [1.29, 1.82) is 0 Å². The predicted octanol–water partition coefficient (Wildman–Crippen LogP) is 3.76. The van der Waals surface area contributed by atoms with E-state index in [1.54, 1.807) is 23.9 Å². The smallest absolute Gasteiger partial charge is 0.137 e. The van der Waals surface area contributed by atoms with Gasteiger partial charge in [-0.25, -0.2) is 4.39 Å². The molecule has 1 nitrogen and oxygen atoms in total. The molecule has 2 rings (SSSR count). The van der Waals surface area contributed by atoms with Crippen molar-refractivity contribution in [2.24, 2.45) is 0 Å². The number of nitrogens with one attached hydrogen (secondary N) is 1. The first kappa shape index (κ1) is 13.5. The van der Waals surface area contributed by atoms with Crippen LogP contribution in [0.3, 0.4) is 0 Å². The van der Waals surface area contributed by atoms with Crippen LogP contribution in [0, 0.1) is 18.2 Å². The molecular formula is C15H18FNS. The zero-order valence-electron chi connectivity index (χ0n) is 10.4. The Balaban J connectivity index is 1.92. The molecule has 1 heterocycles. The number of hydrogen-bond donors (Lipinski definition) is 1. The normalized spacial score (nSPS) is 18.1. The topological polar surface area (TPSA) is 12.0 Å². The van der Waals surface area contributed by atoms with Crippen molar-refractivity contribution in [2.75, 3.05) is 12.3 Å². The number of fused-ring (bicyclic) bond motifs is 1. The minimum absolute atomic E-state index is 0.0867. The Labute approximate surface area is 113 Å². The number of halogens is 1. The van der Waals surface area contributed by atoms with Crippen LogP contribution in [0.1, 0.15) is 37.3 Å². The second-order valence-electron chi connectivity index (χ2n) is 4.46. The molecule has 0 fully saturated rings. The van der Waals surface area contributed by atoms with E-state index in [-0.39, 0.29) is 5.82 Å². The number of rotatable bonds is 5. The summed E-state index contributed by atoms with van der Waals surface area (Å²) in [7, 11) is 0. The molecule has 0 aromatic heterocycles. The number of benzene rings is 1. The van der Waals surface area contributed by atoms with Crippen LogP contribution in [0.5, 0.6) is 0 Å². The van der Waals surface area contributed by atoms with Crippen molar-refractivity contribution in [2.45, 2.75) is 36.6 Å². The van der Waals surface area contributed by atoms with Crippen LogP contribution in [0.2, 0.25) is 0 Å². The standard InChI is InChI=1S/C15H18FNS/c1-2-3-4-5-10-17-14-9-11-18-15-12(14)7-6-8-13(15)16/h1,6-8,14,17H,3-5,9-11H2. The van der Waals surface area contributed by atoms with Gasteiger partial charge in [0.15, 0.2) is 0 Å². The van der Waals surface area contributed by atoms with E-state index in [0.717, 1.165) is 48.4 Å². The molecule has 0 saturated carbocycles. The van der Waals surface area contributed by atoms with Crippen LogP contribution < -0.4 is 5.32 Å². The summed E-state index contributed by atoms with van der Waals surface area (Å²) in [6, 6.07) is 5.67. The number of terminal acetylenes is 1. The number of unbranched alkanes of at least 4 members (excludes halogenated alkanes) is 2. The molecule has 0 saturated heterocycles. The molecule has 1 unspecified atom stereocenters. The van der Waals surface area contributed by atoms with Gasteiger partial charge in [0.05, 0.1) is 0 Å². The summed E-state index contributed by atoms with van der Waals surface area (Å²) < 4.78 is 13.7. The van der Waals surface area contributed by atoms with E-state index < -0.39 is 0 Å². The van der Waals surface area contributed by atoms with Crippen molar-refractivity contribution in [3.8, 4) is 12.3 Å². The predicted molar refractivity (Wildman–Crippen MR) is 75.2 cm³/mol. The van der Waals surface area contributed by atoms with Crippen LogP contribution in [-0.2, 0) is 0 Å². The first-order valence-electron chi connectivity index (χ1n) is 6.41. The molecule has 0 bridgehead atoms. The summed E-state index contributed by atoms with van der Waals surface area (Å²) in [6.07, 6.45) is 9.26. The highest BCUT2D eigenvalue weighted by atomic mass is 32.2. The van der Waals surface area contributed by atoms with Gasteiger partial charge in [-0.15, -0.1) is 24.1 Å². The minimum Gasteiger partial charge on any atom is -0.310 e. The monoisotopic (exact) mass is 263 g/mol. The summed E-state index contributed by atoms with van der Waals surface area (Å²) >= 11 is 1.62. The maximum atomic E-state index is 13.7. The van der Waals surface area contributed by atoms with Gasteiger partial charge in [-0.1, -0.05) is 12.1 Å². The number of thioether (sulfide) groups is 1. The van der Waals surface area contributed by atoms with E-state index in [2.05, 4.69) is 11.2 Å². The van der Waals surface area contributed by atoms with Crippen LogP contribution in [0.15, 0.2) is 23.1 Å². The highest BCUT2D eigenvalue weighted by Crippen LogP contribution is 2.37. The zero-order chi connectivity index (χ0) is 12.8. The summed E-state index contributed by atoms with van der Waals surface area (Å²) in [6.45, 7) is 0.951. The van der Waals surface area contributed by atoms with Gasteiger partial charge in [-0.05, 0) is 43.2 Å². The van der Waals surface area contributed by atoms with E-state index in [1.807, 2.05) is 6.07 Å².